The van der Waals surface area contributed by atoms with E-state index in [1.807, 2.05) is 13.8 Å². The zero-order valence-electron chi connectivity index (χ0n) is 15.2. The highest BCUT2D eigenvalue weighted by Gasteiger charge is 2.31. The Bertz CT molecular complexity index is 573. The maximum Gasteiger partial charge on any atom is 0.239 e. The summed E-state index contributed by atoms with van der Waals surface area (Å²) in [5.74, 6) is -1.22. The van der Waals surface area contributed by atoms with Crippen LogP contribution in [-0.4, -0.2) is 50.2 Å². The Kier molecular flexibility index (Phi) is 7.32. The molecule has 1 saturated heterocycles. The Hall–Kier alpha value is -1.53. The summed E-state index contributed by atoms with van der Waals surface area (Å²) in [6.07, 6.45) is 1.39. The lowest BCUT2D eigenvalue weighted by molar-refractivity contribution is -0.129. The zero-order chi connectivity index (χ0) is 18.4. The first-order valence-electron chi connectivity index (χ1n) is 8.88. The van der Waals surface area contributed by atoms with Crippen LogP contribution >= 0.6 is 0 Å². The van der Waals surface area contributed by atoms with Gasteiger partial charge in [-0.25, -0.2) is 8.78 Å². The molecule has 1 aliphatic rings. The van der Waals surface area contributed by atoms with E-state index in [9.17, 15) is 13.6 Å². The molecule has 140 valence electrons. The second-order valence-electron chi connectivity index (χ2n) is 7.06. The molecule has 0 aliphatic carbocycles. The number of methoxy groups -OCH3 is 1. The van der Waals surface area contributed by atoms with Crippen molar-refractivity contribution in [2.24, 2.45) is 5.92 Å². The lowest BCUT2D eigenvalue weighted by Crippen LogP contribution is -2.52. The van der Waals surface area contributed by atoms with Gasteiger partial charge in [0.15, 0.2) is 11.6 Å². The van der Waals surface area contributed by atoms with E-state index >= 15 is 0 Å². The minimum Gasteiger partial charge on any atom is -0.383 e. The van der Waals surface area contributed by atoms with Gasteiger partial charge in [-0.3, -0.25) is 9.69 Å². The minimum absolute atomic E-state index is 0.0196. The minimum atomic E-state index is -0.801. The van der Waals surface area contributed by atoms with Crippen LogP contribution in [0.15, 0.2) is 18.2 Å². The van der Waals surface area contributed by atoms with Crippen LogP contribution in [0.3, 0.4) is 0 Å². The van der Waals surface area contributed by atoms with E-state index < -0.39 is 11.6 Å². The molecule has 1 unspecified atom stereocenters. The number of nitrogens with one attached hydrogen (secondary N) is 1. The molecule has 1 amide bonds. The maximum atomic E-state index is 14.0. The summed E-state index contributed by atoms with van der Waals surface area (Å²) in [7, 11) is 1.58. The quantitative estimate of drug-likeness (QED) is 0.819. The summed E-state index contributed by atoms with van der Waals surface area (Å²) >= 11 is 0. The topological polar surface area (TPSA) is 41.6 Å². The Morgan fingerprint density at radius 2 is 2.00 bits per heavy atom. The van der Waals surface area contributed by atoms with Gasteiger partial charge in [-0.1, -0.05) is 26.0 Å². The molecule has 0 bridgehead atoms. The number of nitrogens with zero attached hydrogens (tertiary/aromatic N) is 1. The Balaban J connectivity index is 1.98. The Morgan fingerprint density at radius 1 is 1.32 bits per heavy atom. The van der Waals surface area contributed by atoms with E-state index in [0.29, 0.717) is 50.6 Å². The summed E-state index contributed by atoms with van der Waals surface area (Å²) in [6, 6.07) is 4.00. The van der Waals surface area contributed by atoms with E-state index in [4.69, 9.17) is 4.74 Å². The summed E-state index contributed by atoms with van der Waals surface area (Å²) in [4.78, 5) is 14.5. The lowest BCUT2D eigenvalue weighted by Gasteiger charge is -2.36. The van der Waals surface area contributed by atoms with Crippen LogP contribution in [0.25, 0.3) is 0 Å². The van der Waals surface area contributed by atoms with Gasteiger partial charge in [-0.05, 0) is 49.4 Å². The van der Waals surface area contributed by atoms with E-state index in [-0.39, 0.29) is 17.9 Å². The number of halogens is 2. The van der Waals surface area contributed by atoms with E-state index in [2.05, 4.69) is 10.2 Å². The third-order valence-corrected chi connectivity index (χ3v) is 4.70. The van der Waals surface area contributed by atoms with Crippen molar-refractivity contribution in [1.82, 2.24) is 10.2 Å². The van der Waals surface area contributed by atoms with Gasteiger partial charge in [0, 0.05) is 13.7 Å². The van der Waals surface area contributed by atoms with Crippen LogP contribution in [0.2, 0.25) is 0 Å². The van der Waals surface area contributed by atoms with Gasteiger partial charge < -0.3 is 10.1 Å². The van der Waals surface area contributed by atoms with Gasteiger partial charge in [-0.2, -0.15) is 0 Å². The third kappa shape index (κ3) is 5.22. The molecule has 25 heavy (non-hydrogen) atoms. The van der Waals surface area contributed by atoms with E-state index in [0.717, 1.165) is 6.07 Å². The van der Waals surface area contributed by atoms with Crippen molar-refractivity contribution >= 4 is 5.91 Å². The summed E-state index contributed by atoms with van der Waals surface area (Å²) < 4.78 is 32.7. The number of hydrogen-bond donors (Lipinski definition) is 1. The molecule has 1 N–H and O–H groups in total. The average molecular weight is 354 g/mol. The van der Waals surface area contributed by atoms with Gasteiger partial charge in [0.1, 0.15) is 6.04 Å². The molecule has 6 heteroatoms. The molecule has 0 radical (unpaired) electrons. The molecule has 1 heterocycles. The number of hydrogen-bond acceptors (Lipinski definition) is 3. The number of ether oxygens (including phenoxy) is 1. The second kappa shape index (κ2) is 9.25. The molecule has 2 rings (SSSR count). The van der Waals surface area contributed by atoms with Crippen molar-refractivity contribution in [3.8, 4) is 0 Å². The van der Waals surface area contributed by atoms with Crippen LogP contribution in [-0.2, 0) is 9.53 Å². The van der Waals surface area contributed by atoms with Crippen molar-refractivity contribution in [1.29, 1.82) is 0 Å². The number of benzene rings is 1. The normalized spacial score (nSPS) is 17.7. The highest BCUT2D eigenvalue weighted by atomic mass is 19.2. The smallest absolute Gasteiger partial charge is 0.239 e. The highest BCUT2D eigenvalue weighted by Crippen LogP contribution is 2.31. The SMILES string of the molecule is COCC(C(=O)NCC(C)C)N1CCC(c2cccc(F)c2F)CC1. The number of amides is 1. The van der Waals surface area contributed by atoms with Crippen LogP contribution in [0.4, 0.5) is 8.78 Å². The molecule has 0 aromatic heterocycles. The number of rotatable bonds is 7. The van der Waals surface area contributed by atoms with Crippen LogP contribution in [0.1, 0.15) is 38.2 Å². The third-order valence-electron chi connectivity index (χ3n) is 4.70. The standard InChI is InChI=1S/C19H28F2N2O2/c1-13(2)11-22-19(24)17(12-25-3)23-9-7-14(8-10-23)15-5-4-6-16(20)18(15)21/h4-6,13-14,17H,7-12H2,1-3H3,(H,22,24). The van der Waals surface area contributed by atoms with Gasteiger partial charge in [0.25, 0.3) is 0 Å². The number of carbonyl (C=O) groups excluding carboxylic acids is 1. The monoisotopic (exact) mass is 354 g/mol. The van der Waals surface area contributed by atoms with Crippen molar-refractivity contribution in [3.05, 3.63) is 35.4 Å². The molecule has 1 atom stereocenters. The fourth-order valence-corrected chi connectivity index (χ4v) is 3.29. The van der Waals surface area contributed by atoms with Crippen LogP contribution in [0, 0.1) is 17.6 Å². The molecule has 1 aromatic rings. The molecular formula is C19H28F2N2O2. The predicted octanol–water partition coefficient (Wildman–Crippen LogP) is 2.93. The predicted molar refractivity (Wildman–Crippen MR) is 93.4 cm³/mol. The van der Waals surface area contributed by atoms with Crippen molar-refractivity contribution in [2.45, 2.75) is 38.6 Å². The average Bonchev–Trinajstić information content (AvgIpc) is 2.60. The molecule has 4 nitrogen and oxygen atoms in total. The van der Waals surface area contributed by atoms with Crippen molar-refractivity contribution < 1.29 is 18.3 Å². The Labute approximate surface area is 148 Å². The molecule has 1 aliphatic heterocycles. The fourth-order valence-electron chi connectivity index (χ4n) is 3.29. The van der Waals surface area contributed by atoms with Gasteiger partial charge in [0.05, 0.1) is 6.61 Å². The lowest BCUT2D eigenvalue weighted by atomic mass is 9.88. The largest absolute Gasteiger partial charge is 0.383 e. The van der Waals surface area contributed by atoms with E-state index in [1.165, 1.54) is 0 Å². The number of piperidine rings is 1. The number of carbonyl (C=O) groups is 1. The Morgan fingerprint density at radius 3 is 2.60 bits per heavy atom. The van der Waals surface area contributed by atoms with Gasteiger partial charge in [0.2, 0.25) is 5.91 Å². The summed E-state index contributed by atoms with van der Waals surface area (Å²) in [5.41, 5.74) is 0.437. The fraction of sp³-hybridized carbons (Fsp3) is 0.632. The number of likely N-dealkylation sites (tertiary alicyclic amines) is 1. The van der Waals surface area contributed by atoms with Crippen LogP contribution < -0.4 is 5.32 Å². The molecule has 1 fully saturated rings. The summed E-state index contributed by atoms with van der Waals surface area (Å²) in [5, 5.41) is 2.95. The van der Waals surface area contributed by atoms with Gasteiger partial charge >= 0.3 is 0 Å². The van der Waals surface area contributed by atoms with Crippen molar-refractivity contribution in [3.63, 3.8) is 0 Å². The van der Waals surface area contributed by atoms with Crippen LogP contribution in [0.5, 0.6) is 0 Å². The van der Waals surface area contributed by atoms with Crippen molar-refractivity contribution in [2.75, 3.05) is 33.4 Å². The first kappa shape index (κ1) is 19.8. The molecule has 0 spiro atoms. The van der Waals surface area contributed by atoms with E-state index in [1.54, 1.807) is 19.2 Å². The zero-order valence-corrected chi connectivity index (χ0v) is 15.2. The highest BCUT2D eigenvalue weighted by molar-refractivity contribution is 5.81. The first-order valence-corrected chi connectivity index (χ1v) is 8.88. The molecule has 1 aromatic carbocycles. The first-order chi connectivity index (χ1) is 11.9. The van der Waals surface area contributed by atoms with Gasteiger partial charge in [-0.15, -0.1) is 0 Å². The molecular weight excluding hydrogens is 326 g/mol. The summed E-state index contributed by atoms with van der Waals surface area (Å²) in [6.45, 7) is 6.36. The maximum absolute atomic E-state index is 14.0. The second-order valence-corrected chi connectivity index (χ2v) is 7.06. The molecule has 0 saturated carbocycles.